The molecule has 5 nitrogen and oxygen atoms in total. The lowest BCUT2D eigenvalue weighted by Crippen LogP contribution is -2.48. The van der Waals surface area contributed by atoms with Crippen molar-refractivity contribution in [2.45, 2.75) is 51.4 Å². The second-order valence-corrected chi connectivity index (χ2v) is 7.38. The monoisotopic (exact) mass is 329 g/mol. The fraction of sp³-hybridized carbons (Fsp3) is 0.474. The van der Waals surface area contributed by atoms with E-state index in [-0.39, 0.29) is 11.7 Å². The van der Waals surface area contributed by atoms with Gasteiger partial charge in [0.2, 0.25) is 11.4 Å². The van der Waals surface area contributed by atoms with Gasteiger partial charge >= 0.3 is 0 Å². The van der Waals surface area contributed by atoms with Crippen LogP contribution in [0, 0.1) is 5.92 Å². The van der Waals surface area contributed by atoms with Crippen LogP contribution in [0.2, 0.25) is 0 Å². The van der Waals surface area contributed by atoms with E-state index in [4.69, 9.17) is 4.74 Å². The Kier molecular flexibility index (Phi) is 3.89. The number of allylic oxidation sites excluding steroid dienone is 2. The number of para-hydroxylation sites is 1. The maximum Gasteiger partial charge on any atom is 0.267 e. The number of carbonyl (C=O) groups excluding carboxylic acids is 2. The molecule has 1 spiro atoms. The first-order chi connectivity index (χ1) is 11.2. The Balaban J connectivity index is 1.95. The van der Waals surface area contributed by atoms with Crippen LogP contribution in [0.3, 0.4) is 0 Å². The van der Waals surface area contributed by atoms with E-state index in [1.54, 1.807) is 38.1 Å². The summed E-state index contributed by atoms with van der Waals surface area (Å²) in [5, 5.41) is 13.3. The highest BCUT2D eigenvalue weighted by molar-refractivity contribution is 6.28. The predicted octanol–water partition coefficient (Wildman–Crippen LogP) is 2.70. The third-order valence-corrected chi connectivity index (χ3v) is 4.80. The summed E-state index contributed by atoms with van der Waals surface area (Å²) in [4.78, 5) is 25.5. The van der Waals surface area contributed by atoms with Crippen LogP contribution >= 0.6 is 0 Å². The highest BCUT2D eigenvalue weighted by Gasteiger charge is 2.73. The molecule has 1 aromatic carbocycles. The van der Waals surface area contributed by atoms with E-state index >= 15 is 0 Å². The summed E-state index contributed by atoms with van der Waals surface area (Å²) in [6.07, 6.45) is 1.91. The number of rotatable bonds is 4. The van der Waals surface area contributed by atoms with Crippen molar-refractivity contribution in [3.05, 3.63) is 41.5 Å². The minimum atomic E-state index is -1.51. The Bertz CT molecular complexity index is 727. The first-order valence-electron chi connectivity index (χ1n) is 8.16. The SMILES string of the molecule is CC(C)=CCC(C1OC12C(=O)Nc1ccccc1C2=O)C(C)(C)O. The normalized spacial score (nSPS) is 26.6. The van der Waals surface area contributed by atoms with Crippen LogP contribution in [0.5, 0.6) is 0 Å². The quantitative estimate of drug-likeness (QED) is 0.506. The Morgan fingerprint density at radius 3 is 2.67 bits per heavy atom. The molecule has 3 rings (SSSR count). The standard InChI is InChI=1S/C19H23NO4/c1-11(2)9-10-13(18(3,4)23)16-19(24-16)15(21)12-7-5-6-8-14(12)20-17(19)22/h5-9,13,16,23H,10H2,1-4H3,(H,20,22). The minimum Gasteiger partial charge on any atom is -0.390 e. The van der Waals surface area contributed by atoms with E-state index in [0.717, 1.165) is 5.57 Å². The number of benzene rings is 1. The zero-order chi connectivity index (χ0) is 17.7. The van der Waals surface area contributed by atoms with Gasteiger partial charge in [0.05, 0.1) is 11.3 Å². The second kappa shape index (κ2) is 5.53. The van der Waals surface area contributed by atoms with Gasteiger partial charge in [0.1, 0.15) is 6.10 Å². The second-order valence-electron chi connectivity index (χ2n) is 7.38. The average Bonchev–Trinajstić information content (AvgIpc) is 3.20. The summed E-state index contributed by atoms with van der Waals surface area (Å²) >= 11 is 0. The molecule has 2 heterocycles. The zero-order valence-corrected chi connectivity index (χ0v) is 14.4. The average molecular weight is 329 g/mol. The lowest BCUT2D eigenvalue weighted by atomic mass is 9.77. The lowest BCUT2D eigenvalue weighted by Gasteiger charge is -2.29. The van der Waals surface area contributed by atoms with Gasteiger partial charge < -0.3 is 15.2 Å². The number of nitrogens with one attached hydrogen (secondary N) is 1. The van der Waals surface area contributed by atoms with Gasteiger partial charge in [0.15, 0.2) is 0 Å². The van der Waals surface area contributed by atoms with Crippen LogP contribution < -0.4 is 5.32 Å². The molecule has 1 aromatic rings. The van der Waals surface area contributed by atoms with Gasteiger partial charge in [-0.2, -0.15) is 0 Å². The molecule has 0 aliphatic carbocycles. The van der Waals surface area contributed by atoms with E-state index in [1.165, 1.54) is 0 Å². The van der Waals surface area contributed by atoms with Crippen molar-refractivity contribution in [3.63, 3.8) is 0 Å². The maximum atomic E-state index is 12.9. The van der Waals surface area contributed by atoms with E-state index in [2.05, 4.69) is 5.32 Å². The highest BCUT2D eigenvalue weighted by Crippen LogP contribution is 2.51. The molecule has 0 aromatic heterocycles. The van der Waals surface area contributed by atoms with Gasteiger partial charge in [-0.3, -0.25) is 9.59 Å². The summed E-state index contributed by atoms with van der Waals surface area (Å²) in [6.45, 7) is 7.31. The number of aliphatic hydroxyl groups is 1. The van der Waals surface area contributed by atoms with Gasteiger partial charge in [-0.25, -0.2) is 0 Å². The molecule has 3 unspecified atom stereocenters. The van der Waals surface area contributed by atoms with E-state index in [1.807, 2.05) is 19.9 Å². The van der Waals surface area contributed by atoms with Gasteiger partial charge in [-0.1, -0.05) is 23.8 Å². The maximum absolute atomic E-state index is 12.9. The van der Waals surface area contributed by atoms with Gasteiger partial charge in [-0.05, 0) is 46.2 Å². The van der Waals surface area contributed by atoms with Crippen molar-refractivity contribution in [3.8, 4) is 0 Å². The summed E-state index contributed by atoms with van der Waals surface area (Å²) in [5.74, 6) is -1.12. The van der Waals surface area contributed by atoms with Crippen LogP contribution in [-0.4, -0.2) is 34.1 Å². The molecule has 1 amide bonds. The molecule has 24 heavy (non-hydrogen) atoms. The van der Waals surface area contributed by atoms with Crippen LogP contribution in [0.1, 0.15) is 44.5 Å². The number of hydrogen-bond donors (Lipinski definition) is 2. The summed E-state index contributed by atoms with van der Waals surface area (Å²) in [6, 6.07) is 6.92. The topological polar surface area (TPSA) is 78.9 Å². The van der Waals surface area contributed by atoms with Crippen LogP contribution in [0.15, 0.2) is 35.9 Å². The number of Topliss-reactive ketones (excluding diaryl/α,β-unsaturated/α-hetero) is 1. The molecule has 5 heteroatoms. The fourth-order valence-electron chi connectivity index (χ4n) is 3.35. The molecule has 128 valence electrons. The van der Waals surface area contributed by atoms with Crippen molar-refractivity contribution in [1.82, 2.24) is 0 Å². The summed E-state index contributed by atoms with van der Waals surface area (Å²) in [5.41, 5.74) is -0.497. The van der Waals surface area contributed by atoms with Crippen molar-refractivity contribution in [2.24, 2.45) is 5.92 Å². The predicted molar refractivity (Wildman–Crippen MR) is 90.8 cm³/mol. The summed E-state index contributed by atoms with van der Waals surface area (Å²) < 4.78 is 5.70. The number of ether oxygens (including phenoxy) is 1. The number of epoxide rings is 1. The zero-order valence-electron chi connectivity index (χ0n) is 14.4. The summed E-state index contributed by atoms with van der Waals surface area (Å²) in [7, 11) is 0. The number of amides is 1. The van der Waals surface area contributed by atoms with Crippen molar-refractivity contribution in [2.75, 3.05) is 5.32 Å². The van der Waals surface area contributed by atoms with Gasteiger partial charge in [0, 0.05) is 11.5 Å². The molecule has 3 atom stereocenters. The molecule has 0 saturated carbocycles. The third-order valence-electron chi connectivity index (χ3n) is 4.80. The highest BCUT2D eigenvalue weighted by atomic mass is 16.6. The molecule has 2 aliphatic rings. The van der Waals surface area contributed by atoms with E-state index < -0.39 is 23.2 Å². The Hall–Kier alpha value is -1.98. The first kappa shape index (κ1) is 16.9. The van der Waals surface area contributed by atoms with Gasteiger partial charge in [-0.15, -0.1) is 0 Å². The Morgan fingerprint density at radius 2 is 2.04 bits per heavy atom. The number of carbonyl (C=O) groups is 2. The molecule has 0 radical (unpaired) electrons. The molecule has 1 fully saturated rings. The molecule has 0 bridgehead atoms. The van der Waals surface area contributed by atoms with Crippen LogP contribution in [-0.2, 0) is 9.53 Å². The van der Waals surface area contributed by atoms with E-state index in [9.17, 15) is 14.7 Å². The Labute approximate surface area is 141 Å². The van der Waals surface area contributed by atoms with Crippen molar-refractivity contribution in [1.29, 1.82) is 0 Å². The smallest absolute Gasteiger partial charge is 0.267 e. The molecular weight excluding hydrogens is 306 g/mol. The van der Waals surface area contributed by atoms with Crippen LogP contribution in [0.25, 0.3) is 0 Å². The lowest BCUT2D eigenvalue weighted by molar-refractivity contribution is -0.119. The molecule has 1 saturated heterocycles. The number of anilines is 1. The Morgan fingerprint density at radius 1 is 1.38 bits per heavy atom. The van der Waals surface area contributed by atoms with Gasteiger partial charge in [0.25, 0.3) is 5.91 Å². The van der Waals surface area contributed by atoms with Crippen LogP contribution in [0.4, 0.5) is 5.69 Å². The molecule has 2 N–H and O–H groups in total. The molecule has 2 aliphatic heterocycles. The van der Waals surface area contributed by atoms with E-state index in [0.29, 0.717) is 17.7 Å². The molecular formula is C19H23NO4. The number of fused-ring (bicyclic) bond motifs is 1. The number of ketones is 1. The fourth-order valence-corrected chi connectivity index (χ4v) is 3.35. The largest absolute Gasteiger partial charge is 0.390 e. The minimum absolute atomic E-state index is 0.321. The number of hydrogen-bond acceptors (Lipinski definition) is 4. The third kappa shape index (κ3) is 2.58. The first-order valence-corrected chi connectivity index (χ1v) is 8.16. The van der Waals surface area contributed by atoms with Crippen molar-refractivity contribution < 1.29 is 19.4 Å². The van der Waals surface area contributed by atoms with Crippen molar-refractivity contribution >= 4 is 17.4 Å².